The van der Waals surface area contributed by atoms with Crippen LogP contribution in [0.15, 0.2) is 24.3 Å². The zero-order valence-electron chi connectivity index (χ0n) is 14.0. The van der Waals surface area contributed by atoms with Crippen molar-refractivity contribution in [2.24, 2.45) is 0 Å². The van der Waals surface area contributed by atoms with Gasteiger partial charge in [0.05, 0.1) is 12.7 Å². The molecule has 1 unspecified atom stereocenters. The first kappa shape index (κ1) is 17.5. The van der Waals surface area contributed by atoms with E-state index in [1.165, 1.54) is 0 Å². The Kier molecular flexibility index (Phi) is 6.21. The van der Waals surface area contributed by atoms with E-state index in [4.69, 9.17) is 9.47 Å². The standard InChI is InChI=1S/C17H27NO3/c1-13(11-14-9-7-8-10-15(14)20-6)18(5)16(19)12-21-17(2,3)4/h7-10,13H,11-12H2,1-6H3. The summed E-state index contributed by atoms with van der Waals surface area (Å²) in [5.74, 6) is 0.850. The van der Waals surface area contributed by atoms with Crippen molar-refractivity contribution in [1.82, 2.24) is 4.90 Å². The van der Waals surface area contributed by atoms with Crippen LogP contribution in [0.3, 0.4) is 0 Å². The summed E-state index contributed by atoms with van der Waals surface area (Å²) in [5.41, 5.74) is 0.798. The molecule has 0 aromatic heterocycles. The monoisotopic (exact) mass is 293 g/mol. The summed E-state index contributed by atoms with van der Waals surface area (Å²) in [4.78, 5) is 13.9. The lowest BCUT2D eigenvalue weighted by atomic mass is 10.1. The SMILES string of the molecule is COc1ccccc1CC(C)N(C)C(=O)COC(C)(C)C. The minimum absolute atomic E-state index is 0.00711. The van der Waals surface area contributed by atoms with Crippen molar-refractivity contribution in [1.29, 1.82) is 0 Å². The van der Waals surface area contributed by atoms with Gasteiger partial charge in [-0.2, -0.15) is 0 Å². The molecule has 0 bridgehead atoms. The number of benzene rings is 1. The van der Waals surface area contributed by atoms with Crippen molar-refractivity contribution in [2.75, 3.05) is 20.8 Å². The van der Waals surface area contributed by atoms with Crippen molar-refractivity contribution in [3.05, 3.63) is 29.8 Å². The molecule has 4 heteroatoms. The molecule has 0 saturated carbocycles. The molecule has 118 valence electrons. The number of hydrogen-bond donors (Lipinski definition) is 0. The highest BCUT2D eigenvalue weighted by Crippen LogP contribution is 2.20. The van der Waals surface area contributed by atoms with Crippen LogP contribution in [0.4, 0.5) is 0 Å². The lowest BCUT2D eigenvalue weighted by molar-refractivity contribution is -0.141. The van der Waals surface area contributed by atoms with Crippen LogP contribution in [-0.4, -0.2) is 43.2 Å². The molecule has 4 nitrogen and oxygen atoms in total. The van der Waals surface area contributed by atoms with E-state index in [9.17, 15) is 4.79 Å². The minimum Gasteiger partial charge on any atom is -0.496 e. The fourth-order valence-corrected chi connectivity index (χ4v) is 1.95. The van der Waals surface area contributed by atoms with Gasteiger partial charge in [-0.15, -0.1) is 0 Å². The molecular formula is C17H27NO3. The van der Waals surface area contributed by atoms with Gasteiger partial charge < -0.3 is 14.4 Å². The van der Waals surface area contributed by atoms with Gasteiger partial charge in [-0.3, -0.25) is 4.79 Å². The number of rotatable bonds is 6. The van der Waals surface area contributed by atoms with Crippen LogP contribution < -0.4 is 4.74 Å². The van der Waals surface area contributed by atoms with Crippen LogP contribution in [0.5, 0.6) is 5.75 Å². The van der Waals surface area contributed by atoms with Crippen LogP contribution in [-0.2, 0) is 16.0 Å². The molecule has 21 heavy (non-hydrogen) atoms. The molecule has 0 aliphatic carbocycles. The lowest BCUT2D eigenvalue weighted by Crippen LogP contribution is -2.40. The van der Waals surface area contributed by atoms with Gasteiger partial charge >= 0.3 is 0 Å². The average molecular weight is 293 g/mol. The Balaban J connectivity index is 2.61. The number of carbonyl (C=O) groups is 1. The quantitative estimate of drug-likeness (QED) is 0.809. The highest BCUT2D eigenvalue weighted by Gasteiger charge is 2.20. The Morgan fingerprint density at radius 2 is 1.90 bits per heavy atom. The number of hydrogen-bond acceptors (Lipinski definition) is 3. The molecule has 0 heterocycles. The van der Waals surface area contributed by atoms with Crippen LogP contribution in [0.1, 0.15) is 33.3 Å². The Hall–Kier alpha value is -1.55. The molecular weight excluding hydrogens is 266 g/mol. The lowest BCUT2D eigenvalue weighted by Gasteiger charge is -2.27. The number of likely N-dealkylation sites (N-methyl/N-ethyl adjacent to an activating group) is 1. The Labute approximate surface area is 128 Å². The molecule has 1 atom stereocenters. The normalized spacial score (nSPS) is 12.9. The van der Waals surface area contributed by atoms with E-state index in [0.717, 1.165) is 17.7 Å². The number of carbonyl (C=O) groups excluding carboxylic acids is 1. The molecule has 1 aromatic rings. The van der Waals surface area contributed by atoms with Crippen LogP contribution in [0.25, 0.3) is 0 Å². The summed E-state index contributed by atoms with van der Waals surface area (Å²) in [5, 5.41) is 0. The Morgan fingerprint density at radius 3 is 2.48 bits per heavy atom. The summed E-state index contributed by atoms with van der Waals surface area (Å²) < 4.78 is 10.9. The van der Waals surface area contributed by atoms with Gasteiger partial charge in [0.15, 0.2) is 0 Å². The zero-order chi connectivity index (χ0) is 16.0. The predicted molar refractivity (Wildman–Crippen MR) is 84.6 cm³/mol. The second-order valence-electron chi connectivity index (χ2n) is 6.27. The van der Waals surface area contributed by atoms with Gasteiger partial charge in [0.2, 0.25) is 5.91 Å². The maximum absolute atomic E-state index is 12.1. The van der Waals surface area contributed by atoms with Crippen molar-refractivity contribution < 1.29 is 14.3 Å². The first-order valence-corrected chi connectivity index (χ1v) is 7.26. The zero-order valence-corrected chi connectivity index (χ0v) is 14.0. The van der Waals surface area contributed by atoms with E-state index in [1.54, 1.807) is 12.0 Å². The number of nitrogens with zero attached hydrogens (tertiary/aromatic N) is 1. The van der Waals surface area contributed by atoms with Crippen LogP contribution >= 0.6 is 0 Å². The maximum atomic E-state index is 12.1. The van der Waals surface area contributed by atoms with Gasteiger partial charge in [-0.1, -0.05) is 18.2 Å². The molecule has 1 amide bonds. The summed E-state index contributed by atoms with van der Waals surface area (Å²) >= 11 is 0. The predicted octanol–water partition coefficient (Wildman–Crippen LogP) is 2.90. The van der Waals surface area contributed by atoms with E-state index in [-0.39, 0.29) is 24.2 Å². The molecule has 0 spiro atoms. The van der Waals surface area contributed by atoms with Crippen LogP contribution in [0.2, 0.25) is 0 Å². The first-order chi connectivity index (χ1) is 9.74. The van der Waals surface area contributed by atoms with Crippen molar-refractivity contribution in [3.8, 4) is 5.75 Å². The molecule has 0 aliphatic heterocycles. The minimum atomic E-state index is -0.303. The van der Waals surface area contributed by atoms with E-state index in [0.29, 0.717) is 0 Å². The fourth-order valence-electron chi connectivity index (χ4n) is 1.95. The summed E-state index contributed by atoms with van der Waals surface area (Å²) in [6.07, 6.45) is 0.752. The fraction of sp³-hybridized carbons (Fsp3) is 0.588. The van der Waals surface area contributed by atoms with Gasteiger partial charge in [-0.25, -0.2) is 0 Å². The Bertz CT molecular complexity index is 465. The van der Waals surface area contributed by atoms with Gasteiger partial charge in [0, 0.05) is 13.1 Å². The van der Waals surface area contributed by atoms with Crippen LogP contribution in [0, 0.1) is 0 Å². The third kappa shape index (κ3) is 5.76. The van der Waals surface area contributed by atoms with Crippen molar-refractivity contribution in [2.45, 2.75) is 45.8 Å². The molecule has 0 aliphatic rings. The van der Waals surface area contributed by atoms with Crippen molar-refractivity contribution in [3.63, 3.8) is 0 Å². The number of amides is 1. The third-order valence-corrected chi connectivity index (χ3v) is 3.39. The molecule has 0 fully saturated rings. The second-order valence-corrected chi connectivity index (χ2v) is 6.27. The summed E-state index contributed by atoms with van der Waals surface area (Å²) in [6.45, 7) is 7.97. The Morgan fingerprint density at radius 1 is 1.29 bits per heavy atom. The van der Waals surface area contributed by atoms with Gasteiger partial charge in [0.1, 0.15) is 12.4 Å². The van der Waals surface area contributed by atoms with E-state index < -0.39 is 0 Å². The van der Waals surface area contributed by atoms with Gasteiger partial charge in [-0.05, 0) is 45.7 Å². The molecule has 0 N–H and O–H groups in total. The molecule has 1 aromatic carbocycles. The van der Waals surface area contributed by atoms with Crippen molar-refractivity contribution >= 4 is 5.91 Å². The van der Waals surface area contributed by atoms with E-state index in [1.807, 2.05) is 59.0 Å². The highest BCUT2D eigenvalue weighted by molar-refractivity contribution is 5.77. The maximum Gasteiger partial charge on any atom is 0.248 e. The molecule has 0 saturated heterocycles. The topological polar surface area (TPSA) is 38.8 Å². The summed E-state index contributed by atoms with van der Waals surface area (Å²) in [7, 11) is 3.48. The first-order valence-electron chi connectivity index (χ1n) is 7.26. The molecule has 1 rings (SSSR count). The third-order valence-electron chi connectivity index (χ3n) is 3.39. The number of para-hydroxylation sites is 1. The molecule has 0 radical (unpaired) electrons. The average Bonchev–Trinajstić information content (AvgIpc) is 2.43. The van der Waals surface area contributed by atoms with E-state index >= 15 is 0 Å². The second kappa shape index (κ2) is 7.46. The van der Waals surface area contributed by atoms with E-state index in [2.05, 4.69) is 0 Å². The highest BCUT2D eigenvalue weighted by atomic mass is 16.5. The largest absolute Gasteiger partial charge is 0.496 e. The van der Waals surface area contributed by atoms with Gasteiger partial charge in [0.25, 0.3) is 0 Å². The summed E-state index contributed by atoms with van der Waals surface area (Å²) in [6, 6.07) is 7.97. The number of ether oxygens (including phenoxy) is 2. The number of methoxy groups -OCH3 is 1. The smallest absolute Gasteiger partial charge is 0.248 e.